The van der Waals surface area contributed by atoms with Gasteiger partial charge in [-0.05, 0) is 0 Å². The van der Waals surface area contributed by atoms with E-state index in [9.17, 15) is 4.39 Å². The van der Waals surface area contributed by atoms with Crippen LogP contribution in [0.5, 0.6) is 0 Å². The molecule has 1 aliphatic rings. The maximum Gasteiger partial charge on any atom is 0.157 e. The molecule has 0 unspecified atom stereocenters. The Balaban J connectivity index is 3.03. The van der Waals surface area contributed by atoms with Crippen molar-refractivity contribution < 1.29 is 14.8 Å². The van der Waals surface area contributed by atoms with Crippen molar-refractivity contribution in [1.82, 2.24) is 0 Å². The molecule has 5 heteroatoms. The summed E-state index contributed by atoms with van der Waals surface area (Å²) >= 11 is 0. The summed E-state index contributed by atoms with van der Waals surface area (Å²) in [4.78, 5) is 0. The molecule has 64 valence electrons. The smallest absolute Gasteiger partial charge is 0.157 e. The molecule has 0 atom stereocenters. The van der Waals surface area contributed by atoms with Crippen LogP contribution in [0, 0.1) is 0 Å². The molecule has 2 N–H and O–H groups in total. The SMILES string of the molecule is ON=CC1=C(F)C(=NO)CC=C1. The van der Waals surface area contributed by atoms with Gasteiger partial charge >= 0.3 is 0 Å². The van der Waals surface area contributed by atoms with Crippen LogP contribution in [0.15, 0.2) is 33.9 Å². The van der Waals surface area contributed by atoms with E-state index >= 15 is 0 Å². The van der Waals surface area contributed by atoms with Crippen molar-refractivity contribution in [3.8, 4) is 0 Å². The third-order valence-corrected chi connectivity index (χ3v) is 1.43. The van der Waals surface area contributed by atoms with E-state index in [-0.39, 0.29) is 17.7 Å². The molecule has 12 heavy (non-hydrogen) atoms. The number of hydrogen-bond acceptors (Lipinski definition) is 4. The van der Waals surface area contributed by atoms with Crippen LogP contribution in [0.25, 0.3) is 0 Å². The van der Waals surface area contributed by atoms with E-state index in [1.807, 2.05) is 0 Å². The van der Waals surface area contributed by atoms with Crippen LogP contribution in [-0.2, 0) is 0 Å². The molecule has 4 nitrogen and oxygen atoms in total. The van der Waals surface area contributed by atoms with Gasteiger partial charge < -0.3 is 10.4 Å². The van der Waals surface area contributed by atoms with Crippen molar-refractivity contribution >= 4 is 11.9 Å². The Bertz CT molecular complexity index is 288. The van der Waals surface area contributed by atoms with Gasteiger partial charge in [0.15, 0.2) is 5.83 Å². The fourth-order valence-corrected chi connectivity index (χ4v) is 0.874. The van der Waals surface area contributed by atoms with E-state index in [0.717, 1.165) is 6.21 Å². The van der Waals surface area contributed by atoms with Gasteiger partial charge in [-0.1, -0.05) is 22.5 Å². The monoisotopic (exact) mass is 170 g/mol. The van der Waals surface area contributed by atoms with Gasteiger partial charge in [0.2, 0.25) is 0 Å². The summed E-state index contributed by atoms with van der Waals surface area (Å²) in [6.07, 6.45) is 4.24. The van der Waals surface area contributed by atoms with E-state index in [1.54, 1.807) is 6.08 Å². The zero-order valence-corrected chi connectivity index (χ0v) is 6.11. The standard InChI is InChI=1S/C7H7FN2O2/c8-7-5(4-9-11)2-1-3-6(7)10-12/h1-2,4,11-12H,3H2. The maximum atomic E-state index is 13.0. The lowest BCUT2D eigenvalue weighted by Crippen LogP contribution is -2.05. The Morgan fingerprint density at radius 2 is 2.25 bits per heavy atom. The molecule has 0 spiro atoms. The highest BCUT2D eigenvalue weighted by Crippen LogP contribution is 2.16. The highest BCUT2D eigenvalue weighted by molar-refractivity contribution is 6.05. The van der Waals surface area contributed by atoms with Crippen LogP contribution < -0.4 is 0 Å². The summed E-state index contributed by atoms with van der Waals surface area (Å²) in [6.45, 7) is 0. The summed E-state index contributed by atoms with van der Waals surface area (Å²) < 4.78 is 13.0. The minimum atomic E-state index is -0.669. The number of rotatable bonds is 1. The first kappa shape index (κ1) is 8.45. The minimum absolute atomic E-state index is 0.0626. The van der Waals surface area contributed by atoms with Crippen molar-refractivity contribution in [3.63, 3.8) is 0 Å². The van der Waals surface area contributed by atoms with Crippen molar-refractivity contribution in [2.24, 2.45) is 10.3 Å². The van der Waals surface area contributed by atoms with Gasteiger partial charge in [0.05, 0.1) is 6.21 Å². The van der Waals surface area contributed by atoms with E-state index < -0.39 is 5.83 Å². The number of oxime groups is 2. The first-order valence-electron chi connectivity index (χ1n) is 3.24. The first-order chi connectivity index (χ1) is 5.79. The topological polar surface area (TPSA) is 65.2 Å². The van der Waals surface area contributed by atoms with Gasteiger partial charge in [0.1, 0.15) is 5.71 Å². The maximum absolute atomic E-state index is 13.0. The van der Waals surface area contributed by atoms with Crippen LogP contribution in [0.3, 0.4) is 0 Å². The third-order valence-electron chi connectivity index (χ3n) is 1.43. The average molecular weight is 170 g/mol. The molecule has 0 fully saturated rings. The van der Waals surface area contributed by atoms with Crippen LogP contribution >= 0.6 is 0 Å². The molecule has 0 aromatic carbocycles. The predicted molar refractivity (Wildman–Crippen MR) is 41.4 cm³/mol. The molecule has 0 radical (unpaired) electrons. The second-order valence-electron chi connectivity index (χ2n) is 2.17. The Hall–Kier alpha value is -1.65. The Morgan fingerprint density at radius 3 is 2.83 bits per heavy atom. The molecule has 1 aliphatic carbocycles. The molecule has 1 rings (SSSR count). The molecule has 0 aromatic rings. The molecule has 0 saturated heterocycles. The van der Waals surface area contributed by atoms with E-state index in [4.69, 9.17) is 10.4 Å². The second kappa shape index (κ2) is 3.66. The Kier molecular flexibility index (Phi) is 2.57. The third kappa shape index (κ3) is 1.50. The molecule has 0 bridgehead atoms. The molecule has 0 heterocycles. The molecular formula is C7H7FN2O2. The van der Waals surface area contributed by atoms with Gasteiger partial charge in [-0.15, -0.1) is 0 Å². The predicted octanol–water partition coefficient (Wildman–Crippen LogP) is 1.46. The zero-order valence-electron chi connectivity index (χ0n) is 6.11. The minimum Gasteiger partial charge on any atom is -0.411 e. The summed E-state index contributed by atoms with van der Waals surface area (Å²) in [6, 6.07) is 0. The molecular weight excluding hydrogens is 163 g/mol. The van der Waals surface area contributed by atoms with Gasteiger partial charge in [-0.2, -0.15) is 0 Å². The van der Waals surface area contributed by atoms with E-state index in [2.05, 4.69) is 10.3 Å². The Labute approximate surface area is 68.0 Å². The van der Waals surface area contributed by atoms with Crippen LogP contribution in [0.1, 0.15) is 6.42 Å². The summed E-state index contributed by atoms with van der Waals surface area (Å²) in [5, 5.41) is 21.9. The zero-order chi connectivity index (χ0) is 8.97. The lowest BCUT2D eigenvalue weighted by molar-refractivity contribution is 0.316. The van der Waals surface area contributed by atoms with Crippen molar-refractivity contribution in [2.45, 2.75) is 6.42 Å². The van der Waals surface area contributed by atoms with Gasteiger partial charge in [-0.3, -0.25) is 0 Å². The summed E-state index contributed by atoms with van der Waals surface area (Å²) in [5.41, 5.74) is 0.0314. The van der Waals surface area contributed by atoms with Crippen molar-refractivity contribution in [2.75, 3.05) is 0 Å². The fourth-order valence-electron chi connectivity index (χ4n) is 0.874. The van der Waals surface area contributed by atoms with E-state index in [1.165, 1.54) is 6.08 Å². The van der Waals surface area contributed by atoms with Crippen molar-refractivity contribution in [1.29, 1.82) is 0 Å². The second-order valence-corrected chi connectivity index (χ2v) is 2.17. The highest BCUT2D eigenvalue weighted by atomic mass is 19.1. The van der Waals surface area contributed by atoms with E-state index in [0.29, 0.717) is 0 Å². The van der Waals surface area contributed by atoms with Gasteiger partial charge in [0, 0.05) is 12.0 Å². The average Bonchev–Trinajstić information content (AvgIpc) is 2.09. The number of nitrogens with zero attached hydrogens (tertiary/aromatic N) is 2. The quantitative estimate of drug-likeness (QED) is 0.355. The lowest BCUT2D eigenvalue weighted by Gasteiger charge is -2.05. The number of allylic oxidation sites excluding steroid dienone is 4. The normalized spacial score (nSPS) is 21.2. The molecule has 0 amide bonds. The fraction of sp³-hybridized carbons (Fsp3) is 0.143. The van der Waals surface area contributed by atoms with Crippen LogP contribution in [0.2, 0.25) is 0 Å². The lowest BCUT2D eigenvalue weighted by atomic mass is 10.1. The van der Waals surface area contributed by atoms with Gasteiger partial charge in [-0.25, -0.2) is 4.39 Å². The summed E-state index contributed by atoms with van der Waals surface area (Å²) in [5.74, 6) is -0.669. The molecule has 0 aromatic heterocycles. The van der Waals surface area contributed by atoms with Crippen molar-refractivity contribution in [3.05, 3.63) is 23.6 Å². The largest absolute Gasteiger partial charge is 0.411 e. The highest BCUT2D eigenvalue weighted by Gasteiger charge is 2.13. The van der Waals surface area contributed by atoms with Gasteiger partial charge in [0.25, 0.3) is 0 Å². The first-order valence-corrected chi connectivity index (χ1v) is 3.24. The number of hydrogen-bond donors (Lipinski definition) is 2. The van der Waals surface area contributed by atoms with Crippen LogP contribution in [0.4, 0.5) is 4.39 Å². The van der Waals surface area contributed by atoms with Crippen LogP contribution in [-0.4, -0.2) is 22.3 Å². The molecule has 0 aliphatic heterocycles. The number of halogens is 1. The Morgan fingerprint density at radius 1 is 1.50 bits per heavy atom. The summed E-state index contributed by atoms with van der Waals surface area (Å²) in [7, 11) is 0. The molecule has 0 saturated carbocycles.